The number of hydrogen-bond donors (Lipinski definition) is 0. The zero-order valence-electron chi connectivity index (χ0n) is 11.6. The number of likely N-dealkylation sites (N-methyl/N-ethyl adjacent to an activating group) is 1. The molecule has 1 aliphatic rings. The van der Waals surface area contributed by atoms with Crippen LogP contribution in [0.1, 0.15) is 25.2 Å². The first-order valence-corrected chi connectivity index (χ1v) is 6.90. The third-order valence-electron chi connectivity index (χ3n) is 3.64. The fraction of sp³-hybridized carbons (Fsp3) is 0.692. The van der Waals surface area contributed by atoms with Gasteiger partial charge in [-0.05, 0) is 27.3 Å². The SMILES string of the molecule is CCN1CCN(c2nc(C)nc(Cl)c2C)CC1C. The first-order valence-electron chi connectivity index (χ1n) is 6.52. The number of anilines is 1. The standard InChI is InChI=1S/C13H21ClN4/c1-5-17-6-7-18(8-9(17)2)13-10(3)12(14)15-11(4)16-13/h9H,5-8H2,1-4H3. The lowest BCUT2D eigenvalue weighted by Gasteiger charge is -2.40. The largest absolute Gasteiger partial charge is 0.353 e. The van der Waals surface area contributed by atoms with Crippen molar-refractivity contribution in [3.63, 3.8) is 0 Å². The maximum absolute atomic E-state index is 6.14. The Bertz CT molecular complexity index is 435. The van der Waals surface area contributed by atoms with Gasteiger partial charge < -0.3 is 4.90 Å². The number of aryl methyl sites for hydroxylation is 1. The predicted octanol–water partition coefficient (Wildman–Crippen LogP) is 2.28. The quantitative estimate of drug-likeness (QED) is 0.771. The van der Waals surface area contributed by atoms with Crippen LogP contribution in [0.4, 0.5) is 5.82 Å². The molecule has 1 atom stereocenters. The number of rotatable bonds is 2. The van der Waals surface area contributed by atoms with Gasteiger partial charge >= 0.3 is 0 Å². The molecule has 5 heteroatoms. The van der Waals surface area contributed by atoms with Crippen molar-refractivity contribution in [2.24, 2.45) is 0 Å². The molecule has 2 heterocycles. The van der Waals surface area contributed by atoms with Crippen molar-refractivity contribution in [3.05, 3.63) is 16.5 Å². The Balaban J connectivity index is 2.23. The molecule has 0 aromatic carbocycles. The van der Waals surface area contributed by atoms with Gasteiger partial charge in [0.25, 0.3) is 0 Å². The molecule has 18 heavy (non-hydrogen) atoms. The average molecular weight is 269 g/mol. The normalized spacial score (nSPS) is 21.4. The van der Waals surface area contributed by atoms with E-state index in [1.165, 1.54) is 0 Å². The van der Waals surface area contributed by atoms with Crippen LogP contribution in [-0.2, 0) is 0 Å². The van der Waals surface area contributed by atoms with Gasteiger partial charge in [0.2, 0.25) is 0 Å². The molecule has 2 rings (SSSR count). The van der Waals surface area contributed by atoms with Crippen LogP contribution in [0.15, 0.2) is 0 Å². The van der Waals surface area contributed by atoms with Gasteiger partial charge in [-0.25, -0.2) is 9.97 Å². The first-order chi connectivity index (χ1) is 8.52. The second-order valence-corrected chi connectivity index (χ2v) is 5.29. The van der Waals surface area contributed by atoms with Crippen molar-refractivity contribution in [2.75, 3.05) is 31.1 Å². The van der Waals surface area contributed by atoms with Crippen LogP contribution in [0.5, 0.6) is 0 Å². The third-order valence-corrected chi connectivity index (χ3v) is 4.01. The molecule has 0 bridgehead atoms. The topological polar surface area (TPSA) is 32.3 Å². The van der Waals surface area contributed by atoms with Gasteiger partial charge in [-0.3, -0.25) is 4.90 Å². The molecule has 1 aromatic rings. The van der Waals surface area contributed by atoms with Crippen LogP contribution in [0, 0.1) is 13.8 Å². The lowest BCUT2D eigenvalue weighted by Crippen LogP contribution is -2.52. The summed E-state index contributed by atoms with van der Waals surface area (Å²) >= 11 is 6.14. The van der Waals surface area contributed by atoms with Gasteiger partial charge in [-0.2, -0.15) is 0 Å². The van der Waals surface area contributed by atoms with E-state index in [9.17, 15) is 0 Å². The zero-order chi connectivity index (χ0) is 13.3. The molecule has 0 N–H and O–H groups in total. The van der Waals surface area contributed by atoms with E-state index in [0.717, 1.165) is 43.4 Å². The van der Waals surface area contributed by atoms with Crippen molar-refractivity contribution < 1.29 is 0 Å². The summed E-state index contributed by atoms with van der Waals surface area (Å²) in [5.74, 6) is 1.74. The molecule has 100 valence electrons. The highest BCUT2D eigenvalue weighted by Crippen LogP contribution is 2.25. The van der Waals surface area contributed by atoms with E-state index in [0.29, 0.717) is 11.2 Å². The number of hydrogen-bond acceptors (Lipinski definition) is 4. The Hall–Kier alpha value is -0.870. The minimum atomic E-state index is 0.553. The number of nitrogens with zero attached hydrogens (tertiary/aromatic N) is 4. The minimum absolute atomic E-state index is 0.553. The predicted molar refractivity (Wildman–Crippen MR) is 75.4 cm³/mol. The van der Waals surface area contributed by atoms with Crippen LogP contribution < -0.4 is 4.90 Å². The van der Waals surface area contributed by atoms with Gasteiger partial charge in [-0.1, -0.05) is 18.5 Å². The van der Waals surface area contributed by atoms with Crippen LogP contribution >= 0.6 is 11.6 Å². The highest BCUT2D eigenvalue weighted by Gasteiger charge is 2.25. The van der Waals surface area contributed by atoms with Gasteiger partial charge in [0.1, 0.15) is 16.8 Å². The van der Waals surface area contributed by atoms with Gasteiger partial charge in [0.05, 0.1) is 0 Å². The molecule has 1 unspecified atom stereocenters. The Labute approximate surface area is 114 Å². The van der Waals surface area contributed by atoms with Gasteiger partial charge in [-0.15, -0.1) is 0 Å². The highest BCUT2D eigenvalue weighted by atomic mass is 35.5. The molecule has 0 radical (unpaired) electrons. The van der Waals surface area contributed by atoms with E-state index < -0.39 is 0 Å². The Kier molecular flexibility index (Phi) is 4.07. The molecule has 1 aliphatic heterocycles. The molecule has 1 saturated heterocycles. The number of piperazine rings is 1. The van der Waals surface area contributed by atoms with Crippen molar-refractivity contribution >= 4 is 17.4 Å². The van der Waals surface area contributed by atoms with E-state index in [1.807, 2.05) is 13.8 Å². The van der Waals surface area contributed by atoms with E-state index in [4.69, 9.17) is 11.6 Å². The summed E-state index contributed by atoms with van der Waals surface area (Å²) in [5, 5.41) is 0.572. The highest BCUT2D eigenvalue weighted by molar-refractivity contribution is 6.30. The summed E-state index contributed by atoms with van der Waals surface area (Å²) in [5.41, 5.74) is 0.986. The van der Waals surface area contributed by atoms with E-state index >= 15 is 0 Å². The van der Waals surface area contributed by atoms with E-state index in [1.54, 1.807) is 0 Å². The molecule has 0 saturated carbocycles. The number of halogens is 1. The molecular formula is C13H21ClN4. The maximum Gasteiger partial charge on any atom is 0.137 e. The van der Waals surface area contributed by atoms with E-state index in [-0.39, 0.29) is 0 Å². The molecule has 4 nitrogen and oxygen atoms in total. The van der Waals surface area contributed by atoms with Crippen molar-refractivity contribution in [3.8, 4) is 0 Å². The van der Waals surface area contributed by atoms with Crippen molar-refractivity contribution in [2.45, 2.75) is 33.7 Å². The van der Waals surface area contributed by atoms with Gasteiger partial charge in [0.15, 0.2) is 0 Å². The zero-order valence-corrected chi connectivity index (χ0v) is 12.3. The van der Waals surface area contributed by atoms with Crippen LogP contribution in [0.25, 0.3) is 0 Å². The second kappa shape index (κ2) is 5.41. The number of aromatic nitrogens is 2. The molecule has 0 amide bonds. The second-order valence-electron chi connectivity index (χ2n) is 4.93. The summed E-state index contributed by atoms with van der Waals surface area (Å²) in [7, 11) is 0. The summed E-state index contributed by atoms with van der Waals surface area (Å²) in [6.45, 7) is 12.6. The smallest absolute Gasteiger partial charge is 0.137 e. The molecule has 1 fully saturated rings. The maximum atomic E-state index is 6.14. The fourth-order valence-electron chi connectivity index (χ4n) is 2.55. The lowest BCUT2D eigenvalue weighted by molar-refractivity contribution is 0.199. The van der Waals surface area contributed by atoms with Crippen LogP contribution in [0.2, 0.25) is 5.15 Å². The summed E-state index contributed by atoms with van der Waals surface area (Å²) in [4.78, 5) is 13.6. The van der Waals surface area contributed by atoms with Crippen molar-refractivity contribution in [1.29, 1.82) is 0 Å². The van der Waals surface area contributed by atoms with Crippen LogP contribution in [-0.4, -0.2) is 47.1 Å². The summed E-state index contributed by atoms with van der Waals surface area (Å²) in [6.07, 6.45) is 0. The third kappa shape index (κ3) is 2.59. The summed E-state index contributed by atoms with van der Waals surface area (Å²) in [6, 6.07) is 0.553. The van der Waals surface area contributed by atoms with Gasteiger partial charge in [0, 0.05) is 31.2 Å². The minimum Gasteiger partial charge on any atom is -0.353 e. The molecule has 0 aliphatic carbocycles. The average Bonchev–Trinajstić information content (AvgIpc) is 2.33. The Morgan fingerprint density at radius 3 is 2.61 bits per heavy atom. The monoisotopic (exact) mass is 268 g/mol. The molecule has 1 aromatic heterocycles. The molecular weight excluding hydrogens is 248 g/mol. The Morgan fingerprint density at radius 2 is 2.00 bits per heavy atom. The summed E-state index contributed by atoms with van der Waals surface area (Å²) < 4.78 is 0. The van der Waals surface area contributed by atoms with Crippen LogP contribution in [0.3, 0.4) is 0 Å². The molecule has 0 spiro atoms. The fourth-order valence-corrected chi connectivity index (χ4v) is 2.75. The van der Waals surface area contributed by atoms with Crippen molar-refractivity contribution in [1.82, 2.24) is 14.9 Å². The lowest BCUT2D eigenvalue weighted by atomic mass is 10.1. The Morgan fingerprint density at radius 1 is 1.28 bits per heavy atom. The first kappa shape index (κ1) is 13.6. The van der Waals surface area contributed by atoms with E-state index in [2.05, 4.69) is 33.6 Å².